The highest BCUT2D eigenvalue weighted by atomic mass is 16.5. The number of carbonyl (C=O) groups is 2. The van der Waals surface area contributed by atoms with Crippen LogP contribution in [-0.4, -0.2) is 57.8 Å². The van der Waals surface area contributed by atoms with Gasteiger partial charge in [0.1, 0.15) is 6.04 Å². The van der Waals surface area contributed by atoms with E-state index in [0.29, 0.717) is 13.0 Å². The number of benzene rings is 2. The lowest BCUT2D eigenvalue weighted by Crippen LogP contribution is -3.16. The minimum atomic E-state index is -0.662. The van der Waals surface area contributed by atoms with E-state index in [1.807, 2.05) is 48.5 Å². The number of quaternary nitrogens is 1. The summed E-state index contributed by atoms with van der Waals surface area (Å²) >= 11 is 0. The van der Waals surface area contributed by atoms with Gasteiger partial charge in [0.25, 0.3) is 5.91 Å². The van der Waals surface area contributed by atoms with Crippen LogP contribution in [0.25, 0.3) is 0 Å². The number of hydrogen-bond acceptors (Lipinski definition) is 4. The number of anilines is 1. The van der Waals surface area contributed by atoms with Gasteiger partial charge in [-0.25, -0.2) is 4.79 Å². The van der Waals surface area contributed by atoms with E-state index < -0.39 is 12.0 Å². The largest absolute Gasteiger partial charge is 0.467 e. The third-order valence-corrected chi connectivity index (χ3v) is 5.11. The van der Waals surface area contributed by atoms with Crippen LogP contribution >= 0.6 is 0 Å². The van der Waals surface area contributed by atoms with Crippen molar-refractivity contribution in [2.45, 2.75) is 12.5 Å². The number of carbonyl (C=O) groups excluding carboxylic acids is 2. The number of hydrogen-bond donors (Lipinski definition) is 2. The summed E-state index contributed by atoms with van der Waals surface area (Å²) in [7, 11) is 1.35. The van der Waals surface area contributed by atoms with Crippen molar-refractivity contribution in [1.29, 1.82) is 0 Å². The summed E-state index contributed by atoms with van der Waals surface area (Å²) < 4.78 is 4.87. The number of esters is 1. The second-order valence-electron chi connectivity index (χ2n) is 7.08. The van der Waals surface area contributed by atoms with Crippen molar-refractivity contribution >= 4 is 17.6 Å². The molecule has 1 heterocycles. The first-order valence-electron chi connectivity index (χ1n) is 9.70. The minimum Gasteiger partial charge on any atom is -0.467 e. The van der Waals surface area contributed by atoms with Gasteiger partial charge in [-0.15, -0.1) is 0 Å². The molecule has 0 radical (unpaired) electrons. The van der Waals surface area contributed by atoms with Gasteiger partial charge in [0.2, 0.25) is 0 Å². The van der Waals surface area contributed by atoms with Crippen LogP contribution < -0.4 is 15.1 Å². The van der Waals surface area contributed by atoms with E-state index in [1.165, 1.54) is 17.7 Å². The summed E-state index contributed by atoms with van der Waals surface area (Å²) in [5.41, 5.74) is 2.21. The highest BCUT2D eigenvalue weighted by Crippen LogP contribution is 2.12. The summed E-state index contributed by atoms with van der Waals surface area (Å²) in [6.45, 7) is 3.98. The van der Waals surface area contributed by atoms with Gasteiger partial charge in [0.15, 0.2) is 6.54 Å². The normalized spacial score (nSPS) is 15.7. The molecular formula is C22H28N3O3+. The molecule has 0 aliphatic carbocycles. The Bertz CT molecular complexity index is 759. The molecule has 0 saturated carbocycles. The fourth-order valence-electron chi connectivity index (χ4n) is 3.55. The SMILES string of the molecule is COC(=O)[C@@H](Cc1ccccc1)NC(=O)C[NH+]1CCN(c2ccccc2)CC1. The average Bonchev–Trinajstić information content (AvgIpc) is 2.74. The Kier molecular flexibility index (Phi) is 7.03. The molecule has 0 spiro atoms. The van der Waals surface area contributed by atoms with Crippen LogP contribution in [0.1, 0.15) is 5.56 Å². The molecule has 0 unspecified atom stereocenters. The summed E-state index contributed by atoms with van der Waals surface area (Å²) in [4.78, 5) is 28.2. The van der Waals surface area contributed by atoms with Crippen LogP contribution in [0, 0.1) is 0 Å². The molecule has 6 nitrogen and oxygen atoms in total. The molecule has 28 heavy (non-hydrogen) atoms. The fraction of sp³-hybridized carbons (Fsp3) is 0.364. The van der Waals surface area contributed by atoms with Crippen molar-refractivity contribution < 1.29 is 19.2 Å². The lowest BCUT2D eigenvalue weighted by molar-refractivity contribution is -0.892. The molecule has 1 atom stereocenters. The number of ether oxygens (including phenoxy) is 1. The molecule has 0 aromatic heterocycles. The molecule has 1 amide bonds. The lowest BCUT2D eigenvalue weighted by atomic mass is 10.1. The fourth-order valence-corrected chi connectivity index (χ4v) is 3.55. The summed E-state index contributed by atoms with van der Waals surface area (Å²) in [6.07, 6.45) is 0.427. The number of nitrogens with one attached hydrogen (secondary N) is 2. The zero-order valence-electron chi connectivity index (χ0n) is 16.3. The third-order valence-electron chi connectivity index (χ3n) is 5.11. The monoisotopic (exact) mass is 382 g/mol. The number of para-hydroxylation sites is 1. The Morgan fingerprint density at radius 1 is 1.04 bits per heavy atom. The van der Waals surface area contributed by atoms with Crippen LogP contribution in [0.2, 0.25) is 0 Å². The quantitative estimate of drug-likeness (QED) is 0.676. The molecule has 148 valence electrons. The highest BCUT2D eigenvalue weighted by molar-refractivity contribution is 5.85. The van der Waals surface area contributed by atoms with E-state index >= 15 is 0 Å². The Morgan fingerprint density at radius 3 is 2.25 bits per heavy atom. The van der Waals surface area contributed by atoms with Gasteiger partial charge in [-0.05, 0) is 17.7 Å². The number of methoxy groups -OCH3 is 1. The second-order valence-corrected chi connectivity index (χ2v) is 7.08. The number of rotatable bonds is 7. The number of piperazine rings is 1. The Morgan fingerprint density at radius 2 is 1.64 bits per heavy atom. The third kappa shape index (κ3) is 5.57. The molecular weight excluding hydrogens is 354 g/mol. The summed E-state index contributed by atoms with van der Waals surface area (Å²) in [5, 5.41) is 2.86. The Labute approximate surface area is 166 Å². The van der Waals surface area contributed by atoms with Gasteiger partial charge < -0.3 is 19.9 Å². The van der Waals surface area contributed by atoms with Gasteiger partial charge in [-0.2, -0.15) is 0 Å². The molecule has 0 bridgehead atoms. The molecule has 2 N–H and O–H groups in total. The first-order chi connectivity index (χ1) is 13.7. The molecule has 2 aromatic carbocycles. The molecule has 1 aliphatic rings. The van der Waals surface area contributed by atoms with E-state index in [2.05, 4.69) is 22.3 Å². The van der Waals surface area contributed by atoms with Crippen LogP contribution in [0.5, 0.6) is 0 Å². The molecule has 6 heteroatoms. The smallest absolute Gasteiger partial charge is 0.328 e. The predicted octanol–water partition coefficient (Wildman–Crippen LogP) is 0.292. The zero-order chi connectivity index (χ0) is 19.8. The standard InChI is InChI=1S/C22H27N3O3/c1-28-22(27)20(16-18-8-4-2-5-9-18)23-21(26)17-24-12-14-25(15-13-24)19-10-6-3-7-11-19/h2-11,20H,12-17H2,1H3,(H,23,26)/p+1/t20-/m1/s1. The van der Waals surface area contributed by atoms with Crippen molar-refractivity contribution in [3.05, 3.63) is 66.2 Å². The first kappa shape index (κ1) is 19.9. The van der Waals surface area contributed by atoms with Gasteiger partial charge in [-0.3, -0.25) is 4.79 Å². The van der Waals surface area contributed by atoms with Crippen molar-refractivity contribution in [3.8, 4) is 0 Å². The molecule has 1 fully saturated rings. The lowest BCUT2D eigenvalue weighted by Gasteiger charge is -2.33. The van der Waals surface area contributed by atoms with E-state index in [4.69, 9.17) is 4.74 Å². The summed E-state index contributed by atoms with van der Waals surface area (Å²) in [5.74, 6) is -0.532. The molecule has 1 aliphatic heterocycles. The molecule has 1 saturated heterocycles. The van der Waals surface area contributed by atoms with Crippen LogP contribution in [0.4, 0.5) is 5.69 Å². The zero-order valence-corrected chi connectivity index (χ0v) is 16.3. The van der Waals surface area contributed by atoms with E-state index in [0.717, 1.165) is 31.7 Å². The highest BCUT2D eigenvalue weighted by Gasteiger charge is 2.26. The average molecular weight is 382 g/mol. The number of amides is 1. The van der Waals surface area contributed by atoms with Crippen molar-refractivity contribution in [1.82, 2.24) is 5.32 Å². The van der Waals surface area contributed by atoms with Gasteiger partial charge in [-0.1, -0.05) is 48.5 Å². The Balaban J connectivity index is 1.50. The van der Waals surface area contributed by atoms with Gasteiger partial charge in [0.05, 0.1) is 33.3 Å². The predicted molar refractivity (Wildman–Crippen MR) is 108 cm³/mol. The van der Waals surface area contributed by atoms with Crippen molar-refractivity contribution in [2.24, 2.45) is 0 Å². The van der Waals surface area contributed by atoms with E-state index in [1.54, 1.807) is 0 Å². The van der Waals surface area contributed by atoms with Crippen LogP contribution in [0.3, 0.4) is 0 Å². The maximum atomic E-state index is 12.5. The Hall–Kier alpha value is -2.86. The van der Waals surface area contributed by atoms with E-state index in [9.17, 15) is 9.59 Å². The maximum absolute atomic E-state index is 12.5. The van der Waals surface area contributed by atoms with Gasteiger partial charge in [0, 0.05) is 12.1 Å². The van der Waals surface area contributed by atoms with Crippen molar-refractivity contribution in [2.75, 3.05) is 44.7 Å². The van der Waals surface area contributed by atoms with E-state index in [-0.39, 0.29) is 5.91 Å². The molecule has 3 rings (SSSR count). The summed E-state index contributed by atoms with van der Waals surface area (Å²) in [6, 6.07) is 19.3. The maximum Gasteiger partial charge on any atom is 0.328 e. The molecule has 2 aromatic rings. The topological polar surface area (TPSA) is 63.1 Å². The second kappa shape index (κ2) is 9.90. The van der Waals surface area contributed by atoms with Crippen LogP contribution in [-0.2, 0) is 20.7 Å². The van der Waals surface area contributed by atoms with Gasteiger partial charge >= 0.3 is 5.97 Å². The number of nitrogens with zero attached hydrogens (tertiary/aromatic N) is 1. The van der Waals surface area contributed by atoms with Crippen molar-refractivity contribution in [3.63, 3.8) is 0 Å². The van der Waals surface area contributed by atoms with Crippen LogP contribution in [0.15, 0.2) is 60.7 Å². The minimum absolute atomic E-state index is 0.116. The first-order valence-corrected chi connectivity index (χ1v) is 9.70.